The topological polar surface area (TPSA) is 12.5 Å². The van der Waals surface area contributed by atoms with Gasteiger partial charge in [-0.05, 0) is 70.6 Å². The van der Waals surface area contributed by atoms with E-state index in [2.05, 4.69) is 53.4 Å². The lowest BCUT2D eigenvalue weighted by atomic mass is 9.38. The third-order valence-electron chi connectivity index (χ3n) is 10.3. The summed E-state index contributed by atoms with van der Waals surface area (Å²) in [5.41, 5.74) is 1.03. The molecule has 0 spiro atoms. The normalized spacial score (nSPS) is 71.2. The molecule has 4 bridgehead atoms. The maximum atomic E-state index is 7.26. The van der Waals surface area contributed by atoms with E-state index >= 15 is 0 Å². The van der Waals surface area contributed by atoms with Crippen molar-refractivity contribution in [2.24, 2.45) is 46.3 Å². The van der Waals surface area contributed by atoms with Gasteiger partial charge in [-0.3, -0.25) is 4.90 Å². The van der Waals surface area contributed by atoms with Crippen molar-refractivity contribution in [2.75, 3.05) is 0 Å². The molecule has 0 aromatic heterocycles. The molecule has 2 saturated heterocycles. The maximum absolute atomic E-state index is 7.26. The molecule has 7 rings (SSSR count). The van der Waals surface area contributed by atoms with Gasteiger partial charge in [-0.15, -0.1) is 0 Å². The summed E-state index contributed by atoms with van der Waals surface area (Å²) in [5, 5.41) is 0. The number of hydrogen-bond donors (Lipinski definition) is 0. The Morgan fingerprint density at radius 2 is 1.36 bits per heavy atom. The van der Waals surface area contributed by atoms with Gasteiger partial charge in [-0.1, -0.05) is 13.8 Å². The lowest BCUT2D eigenvalue weighted by Crippen LogP contribution is -2.72. The molecule has 7 aliphatic rings. The summed E-state index contributed by atoms with van der Waals surface area (Å²) in [7, 11) is 0. The van der Waals surface area contributed by atoms with Crippen LogP contribution in [0.5, 0.6) is 0 Å². The van der Waals surface area contributed by atoms with E-state index in [0.717, 1.165) is 35.5 Å². The van der Waals surface area contributed by atoms with Crippen LogP contribution in [0.25, 0.3) is 0 Å². The molecule has 122 valence electrons. The average Bonchev–Trinajstić information content (AvgIpc) is 3.08. The van der Waals surface area contributed by atoms with E-state index < -0.39 is 0 Å². The third kappa shape index (κ3) is 0.729. The van der Waals surface area contributed by atoms with Gasteiger partial charge in [-0.25, -0.2) is 0 Å². The first-order chi connectivity index (χ1) is 10.2. The minimum Gasteiger partial charge on any atom is -0.352 e. The van der Waals surface area contributed by atoms with Crippen LogP contribution in [-0.2, 0) is 4.74 Å². The lowest BCUT2D eigenvalue weighted by molar-refractivity contribution is -0.233. The minimum atomic E-state index is 0.0422. The van der Waals surface area contributed by atoms with Crippen molar-refractivity contribution in [2.45, 2.75) is 78.3 Å². The smallest absolute Gasteiger partial charge is 0.132 e. The van der Waals surface area contributed by atoms with Crippen LogP contribution >= 0.6 is 0 Å². The predicted molar refractivity (Wildman–Crippen MR) is 86.1 cm³/mol. The molecule has 10 unspecified atom stereocenters. The van der Waals surface area contributed by atoms with Crippen molar-refractivity contribution in [1.29, 1.82) is 0 Å². The van der Waals surface area contributed by atoms with Crippen LogP contribution in [0.1, 0.15) is 54.9 Å². The zero-order valence-electron chi connectivity index (χ0n) is 15.2. The molecular formula is C20H31NO. The summed E-state index contributed by atoms with van der Waals surface area (Å²) < 4.78 is 7.26. The lowest BCUT2D eigenvalue weighted by Gasteiger charge is -2.66. The molecule has 7 fully saturated rings. The van der Waals surface area contributed by atoms with Crippen molar-refractivity contribution in [3.63, 3.8) is 0 Å². The highest BCUT2D eigenvalue weighted by Crippen LogP contribution is 3.01. The van der Waals surface area contributed by atoms with Gasteiger partial charge >= 0.3 is 0 Å². The maximum Gasteiger partial charge on any atom is 0.132 e. The Morgan fingerprint density at radius 1 is 0.818 bits per heavy atom. The fourth-order valence-electron chi connectivity index (χ4n) is 10.5. The van der Waals surface area contributed by atoms with Gasteiger partial charge in [0.25, 0.3) is 0 Å². The highest BCUT2D eigenvalue weighted by molar-refractivity contribution is 5.50. The Kier molecular flexibility index (Phi) is 1.78. The zero-order chi connectivity index (χ0) is 15.6. The summed E-state index contributed by atoms with van der Waals surface area (Å²) in [6, 6.07) is 1.13. The molecule has 5 saturated carbocycles. The summed E-state index contributed by atoms with van der Waals surface area (Å²) in [6.07, 6.45) is 1.53. The van der Waals surface area contributed by atoms with E-state index in [1.807, 2.05) is 0 Å². The standard InChI is InChI=1S/C20H31NO/c1-9(2)21(10(3)4)20-16-12-8-11-13-14(12)18(20,6)17(13,5)19(7,22-20)15(11)16/h9-16H,8H2,1-7H3. The first-order valence-corrected chi connectivity index (χ1v) is 9.68. The van der Waals surface area contributed by atoms with Crippen molar-refractivity contribution in [3.05, 3.63) is 0 Å². The van der Waals surface area contributed by atoms with E-state index in [1.54, 1.807) is 0 Å². The molecule has 0 aromatic carbocycles. The van der Waals surface area contributed by atoms with Gasteiger partial charge in [0, 0.05) is 28.8 Å². The monoisotopic (exact) mass is 301 g/mol. The number of ether oxygens (including phenoxy) is 1. The quantitative estimate of drug-likeness (QED) is 0.787. The second-order valence-corrected chi connectivity index (χ2v) is 10.6. The van der Waals surface area contributed by atoms with Crippen LogP contribution in [0.3, 0.4) is 0 Å². The summed E-state index contributed by atoms with van der Waals surface area (Å²) in [6.45, 7) is 17.3. The van der Waals surface area contributed by atoms with Crippen molar-refractivity contribution >= 4 is 0 Å². The number of hydrogen-bond acceptors (Lipinski definition) is 2. The van der Waals surface area contributed by atoms with Gasteiger partial charge in [0.15, 0.2) is 0 Å². The summed E-state index contributed by atoms with van der Waals surface area (Å²) in [4.78, 5) is 2.80. The van der Waals surface area contributed by atoms with Crippen LogP contribution in [0, 0.1) is 46.3 Å². The van der Waals surface area contributed by atoms with Crippen molar-refractivity contribution in [3.8, 4) is 0 Å². The Bertz CT molecular complexity index is 603. The van der Waals surface area contributed by atoms with Crippen molar-refractivity contribution in [1.82, 2.24) is 4.90 Å². The van der Waals surface area contributed by atoms with Gasteiger partial charge in [-0.2, -0.15) is 0 Å². The van der Waals surface area contributed by atoms with Crippen LogP contribution < -0.4 is 0 Å². The molecule has 2 nitrogen and oxygen atoms in total. The van der Waals surface area contributed by atoms with Crippen LogP contribution in [0.2, 0.25) is 0 Å². The number of rotatable bonds is 3. The van der Waals surface area contributed by atoms with E-state index in [1.165, 1.54) is 6.42 Å². The predicted octanol–water partition coefficient (Wildman–Crippen LogP) is 3.76. The average molecular weight is 301 g/mol. The Labute approximate surface area is 135 Å². The Morgan fingerprint density at radius 3 is 1.95 bits per heavy atom. The van der Waals surface area contributed by atoms with E-state index in [4.69, 9.17) is 4.74 Å². The Balaban J connectivity index is 1.67. The molecule has 2 aliphatic heterocycles. The summed E-state index contributed by atoms with van der Waals surface area (Å²) >= 11 is 0. The second-order valence-electron chi connectivity index (χ2n) is 10.6. The zero-order valence-corrected chi connectivity index (χ0v) is 15.2. The first-order valence-electron chi connectivity index (χ1n) is 9.68. The Hall–Kier alpha value is -0.0800. The molecular weight excluding hydrogens is 270 g/mol. The van der Waals surface area contributed by atoms with Crippen LogP contribution in [0.4, 0.5) is 0 Å². The first kappa shape index (κ1) is 13.2. The highest BCUT2D eigenvalue weighted by Gasteiger charge is 3.04. The van der Waals surface area contributed by atoms with Gasteiger partial charge in [0.05, 0.1) is 5.60 Å². The molecule has 2 heteroatoms. The van der Waals surface area contributed by atoms with Gasteiger partial charge < -0.3 is 4.74 Å². The molecule has 2 heterocycles. The molecule has 0 radical (unpaired) electrons. The van der Waals surface area contributed by atoms with E-state index in [9.17, 15) is 0 Å². The van der Waals surface area contributed by atoms with Crippen molar-refractivity contribution < 1.29 is 4.74 Å². The fraction of sp³-hybridized carbons (Fsp3) is 1.00. The van der Waals surface area contributed by atoms with E-state index in [0.29, 0.717) is 22.9 Å². The van der Waals surface area contributed by atoms with Gasteiger partial charge in [0.1, 0.15) is 5.72 Å². The summed E-state index contributed by atoms with van der Waals surface area (Å²) in [5.74, 6) is 5.61. The molecule has 0 N–H and O–H groups in total. The van der Waals surface area contributed by atoms with Gasteiger partial charge in [0.2, 0.25) is 0 Å². The molecule has 22 heavy (non-hydrogen) atoms. The SMILES string of the molecule is CC(C)N(C(C)C)C12OC3(C)C4C5CC(C41)C1C5C3(C)C12C. The molecule has 5 aliphatic carbocycles. The number of nitrogens with zero attached hydrogens (tertiary/aromatic N) is 1. The molecule has 0 aromatic rings. The van der Waals surface area contributed by atoms with Crippen LogP contribution in [-0.4, -0.2) is 28.3 Å². The molecule has 0 amide bonds. The fourth-order valence-corrected chi connectivity index (χ4v) is 10.5. The highest BCUT2D eigenvalue weighted by atomic mass is 16.6. The third-order valence-corrected chi connectivity index (χ3v) is 10.3. The second kappa shape index (κ2) is 2.96. The molecule has 10 atom stereocenters. The minimum absolute atomic E-state index is 0.0422. The largest absolute Gasteiger partial charge is 0.352 e. The van der Waals surface area contributed by atoms with E-state index in [-0.39, 0.29) is 11.3 Å². The van der Waals surface area contributed by atoms with Crippen LogP contribution in [0.15, 0.2) is 0 Å².